The largest absolute Gasteiger partial charge is 0.324 e. The Labute approximate surface area is 155 Å². The molecule has 0 bridgehead atoms. The second-order valence-electron chi connectivity index (χ2n) is 7.22. The van der Waals surface area contributed by atoms with Crippen molar-refractivity contribution in [2.45, 2.75) is 31.7 Å². The van der Waals surface area contributed by atoms with E-state index in [1.165, 1.54) is 16.7 Å². The molecule has 1 aliphatic carbocycles. The van der Waals surface area contributed by atoms with Crippen LogP contribution in [0.4, 0.5) is 5.69 Å². The van der Waals surface area contributed by atoms with E-state index in [1.807, 2.05) is 18.2 Å². The number of aryl methyl sites for hydroxylation is 2. The van der Waals surface area contributed by atoms with E-state index < -0.39 is 5.54 Å². The predicted molar refractivity (Wildman–Crippen MR) is 105 cm³/mol. The van der Waals surface area contributed by atoms with Crippen LogP contribution < -0.4 is 10.6 Å². The average molecular weight is 349 g/mol. The smallest absolute Gasteiger partial charge is 0.249 e. The molecule has 4 rings (SSSR count). The molecule has 0 aromatic heterocycles. The summed E-state index contributed by atoms with van der Waals surface area (Å²) in [5.74, 6) is 0.116. The number of para-hydroxylation sites is 1. The molecule has 4 nitrogen and oxygen atoms in total. The molecule has 2 aromatic carbocycles. The Morgan fingerprint density at radius 1 is 1.12 bits per heavy atom. The molecule has 136 valence electrons. The summed E-state index contributed by atoms with van der Waals surface area (Å²) in [6, 6.07) is 16.6. The molecule has 1 heterocycles. The molecule has 1 fully saturated rings. The molecule has 1 amide bonds. The lowest BCUT2D eigenvalue weighted by atomic mass is 9.87. The van der Waals surface area contributed by atoms with Crippen molar-refractivity contribution in [3.63, 3.8) is 0 Å². The van der Waals surface area contributed by atoms with Crippen LogP contribution in [-0.4, -0.2) is 37.0 Å². The Kier molecular flexibility index (Phi) is 4.79. The van der Waals surface area contributed by atoms with E-state index in [0.29, 0.717) is 0 Å². The van der Waals surface area contributed by atoms with Gasteiger partial charge in [-0.25, -0.2) is 0 Å². The summed E-state index contributed by atoms with van der Waals surface area (Å²) in [5.41, 5.74) is 4.07. The van der Waals surface area contributed by atoms with Crippen LogP contribution in [0.1, 0.15) is 30.0 Å². The van der Waals surface area contributed by atoms with Gasteiger partial charge in [0.25, 0.3) is 0 Å². The summed E-state index contributed by atoms with van der Waals surface area (Å²) in [4.78, 5) is 16.1. The van der Waals surface area contributed by atoms with Crippen molar-refractivity contribution in [3.05, 3.63) is 65.2 Å². The van der Waals surface area contributed by atoms with Gasteiger partial charge in [0, 0.05) is 31.9 Å². The molecular weight excluding hydrogens is 322 g/mol. The number of nitrogens with zero attached hydrogens (tertiary/aromatic N) is 1. The summed E-state index contributed by atoms with van der Waals surface area (Å²) in [6.45, 7) is 5.79. The summed E-state index contributed by atoms with van der Waals surface area (Å²) < 4.78 is 0. The Bertz CT molecular complexity index is 797. The molecule has 1 unspecified atom stereocenters. The third-order valence-corrected chi connectivity index (χ3v) is 5.90. The van der Waals surface area contributed by atoms with Crippen molar-refractivity contribution >= 4 is 11.6 Å². The topological polar surface area (TPSA) is 44.4 Å². The first-order chi connectivity index (χ1) is 12.8. The lowest BCUT2D eigenvalue weighted by Gasteiger charge is -2.43. The number of nitrogens with one attached hydrogen (secondary N) is 2. The highest BCUT2D eigenvalue weighted by Gasteiger charge is 2.49. The number of benzene rings is 2. The van der Waals surface area contributed by atoms with Crippen LogP contribution in [0.5, 0.6) is 0 Å². The van der Waals surface area contributed by atoms with Gasteiger partial charge < -0.3 is 10.6 Å². The van der Waals surface area contributed by atoms with Gasteiger partial charge in [0.1, 0.15) is 5.54 Å². The van der Waals surface area contributed by atoms with Gasteiger partial charge in [-0.05, 0) is 42.0 Å². The first-order valence-corrected chi connectivity index (χ1v) is 9.69. The average Bonchev–Trinajstić information content (AvgIpc) is 3.10. The molecule has 1 saturated heterocycles. The number of carbonyl (C=O) groups is 1. The normalized spacial score (nSPS) is 22.8. The summed E-state index contributed by atoms with van der Waals surface area (Å²) >= 11 is 0. The van der Waals surface area contributed by atoms with Crippen molar-refractivity contribution in [3.8, 4) is 0 Å². The minimum atomic E-state index is -0.556. The Morgan fingerprint density at radius 2 is 1.85 bits per heavy atom. The van der Waals surface area contributed by atoms with Crippen LogP contribution >= 0.6 is 0 Å². The zero-order valence-electron chi connectivity index (χ0n) is 15.4. The number of anilines is 1. The highest BCUT2D eigenvalue weighted by Crippen LogP contribution is 2.43. The minimum Gasteiger partial charge on any atom is -0.324 e. The second-order valence-corrected chi connectivity index (χ2v) is 7.22. The Hall–Kier alpha value is -2.17. The summed E-state index contributed by atoms with van der Waals surface area (Å²) in [7, 11) is 0. The van der Waals surface area contributed by atoms with E-state index in [2.05, 4.69) is 52.8 Å². The van der Waals surface area contributed by atoms with Gasteiger partial charge >= 0.3 is 0 Å². The molecular formula is C22H27N3O. The second kappa shape index (κ2) is 7.22. The van der Waals surface area contributed by atoms with Crippen LogP contribution in [-0.2, 0) is 23.2 Å². The molecule has 26 heavy (non-hydrogen) atoms. The van der Waals surface area contributed by atoms with E-state index in [-0.39, 0.29) is 5.91 Å². The van der Waals surface area contributed by atoms with Crippen molar-refractivity contribution < 1.29 is 4.79 Å². The highest BCUT2D eigenvalue weighted by atomic mass is 16.2. The summed E-state index contributed by atoms with van der Waals surface area (Å²) in [6.07, 6.45) is 2.73. The maximum absolute atomic E-state index is 13.7. The molecule has 2 N–H and O–H groups in total. The van der Waals surface area contributed by atoms with Gasteiger partial charge in [0.15, 0.2) is 0 Å². The van der Waals surface area contributed by atoms with E-state index in [0.717, 1.165) is 51.1 Å². The number of hydrogen-bond acceptors (Lipinski definition) is 3. The number of fused-ring (bicyclic) bond motifs is 1. The molecule has 2 aliphatic rings. The predicted octanol–water partition coefficient (Wildman–Crippen LogP) is 2.93. The van der Waals surface area contributed by atoms with Gasteiger partial charge in [-0.15, -0.1) is 0 Å². The summed E-state index contributed by atoms with van der Waals surface area (Å²) in [5, 5.41) is 6.69. The number of piperazine rings is 1. The van der Waals surface area contributed by atoms with Gasteiger partial charge in [0.05, 0.1) is 0 Å². The van der Waals surface area contributed by atoms with E-state index in [4.69, 9.17) is 0 Å². The molecule has 2 aromatic rings. The molecule has 4 heteroatoms. The maximum Gasteiger partial charge on any atom is 0.249 e. The van der Waals surface area contributed by atoms with Crippen molar-refractivity contribution in [2.75, 3.05) is 31.5 Å². The van der Waals surface area contributed by atoms with E-state index in [9.17, 15) is 4.79 Å². The SMILES string of the molecule is CCc1ccccc1NC(=O)C1(N2CCNCC2)CCc2ccccc21. The van der Waals surface area contributed by atoms with Crippen LogP contribution in [0.2, 0.25) is 0 Å². The van der Waals surface area contributed by atoms with Crippen molar-refractivity contribution in [1.82, 2.24) is 10.2 Å². The first-order valence-electron chi connectivity index (χ1n) is 9.69. The number of amides is 1. The zero-order chi connectivity index (χ0) is 18.0. The van der Waals surface area contributed by atoms with Crippen molar-refractivity contribution in [2.24, 2.45) is 0 Å². The number of carbonyl (C=O) groups excluding carboxylic acids is 1. The Balaban J connectivity index is 1.73. The van der Waals surface area contributed by atoms with Crippen molar-refractivity contribution in [1.29, 1.82) is 0 Å². The third kappa shape index (κ3) is 2.83. The fraction of sp³-hybridized carbons (Fsp3) is 0.409. The van der Waals surface area contributed by atoms with Gasteiger partial charge in [-0.2, -0.15) is 0 Å². The monoisotopic (exact) mass is 349 g/mol. The third-order valence-electron chi connectivity index (χ3n) is 5.90. The molecule has 1 aliphatic heterocycles. The molecule has 0 spiro atoms. The quantitative estimate of drug-likeness (QED) is 0.892. The van der Waals surface area contributed by atoms with Crippen LogP contribution in [0.3, 0.4) is 0 Å². The van der Waals surface area contributed by atoms with E-state index in [1.54, 1.807) is 0 Å². The fourth-order valence-electron chi connectivity index (χ4n) is 4.52. The van der Waals surface area contributed by atoms with E-state index >= 15 is 0 Å². The standard InChI is InChI=1S/C22H27N3O/c1-2-17-7-4-6-10-20(17)24-21(26)22(25-15-13-23-14-16-25)12-11-18-8-3-5-9-19(18)22/h3-10,23H,2,11-16H2,1H3,(H,24,26). The maximum atomic E-state index is 13.7. The van der Waals surface area contributed by atoms with Crippen LogP contribution in [0.25, 0.3) is 0 Å². The fourth-order valence-corrected chi connectivity index (χ4v) is 4.52. The highest BCUT2D eigenvalue weighted by molar-refractivity contribution is 6.00. The number of hydrogen-bond donors (Lipinski definition) is 2. The van der Waals surface area contributed by atoms with Crippen LogP contribution in [0.15, 0.2) is 48.5 Å². The lowest BCUT2D eigenvalue weighted by molar-refractivity contribution is -0.129. The molecule has 0 radical (unpaired) electrons. The lowest BCUT2D eigenvalue weighted by Crippen LogP contribution is -2.58. The van der Waals surface area contributed by atoms with Gasteiger partial charge in [0.2, 0.25) is 5.91 Å². The zero-order valence-corrected chi connectivity index (χ0v) is 15.4. The van der Waals surface area contributed by atoms with Gasteiger partial charge in [-0.3, -0.25) is 9.69 Å². The first kappa shape index (κ1) is 17.3. The van der Waals surface area contributed by atoms with Crippen LogP contribution in [0, 0.1) is 0 Å². The Morgan fingerprint density at radius 3 is 2.65 bits per heavy atom. The molecule has 0 saturated carbocycles. The number of rotatable bonds is 4. The van der Waals surface area contributed by atoms with Gasteiger partial charge in [-0.1, -0.05) is 49.4 Å². The molecule has 1 atom stereocenters. The minimum absolute atomic E-state index is 0.116.